The molecule has 0 bridgehead atoms. The molecule has 0 fully saturated rings. The van der Waals surface area contributed by atoms with E-state index in [-0.39, 0.29) is 11.8 Å². The van der Waals surface area contributed by atoms with Gasteiger partial charge < -0.3 is 15.0 Å². The van der Waals surface area contributed by atoms with Crippen molar-refractivity contribution in [2.45, 2.75) is 26.9 Å². The van der Waals surface area contributed by atoms with Gasteiger partial charge in [0.1, 0.15) is 5.75 Å². The van der Waals surface area contributed by atoms with Crippen LogP contribution in [0.25, 0.3) is 0 Å². The van der Waals surface area contributed by atoms with E-state index < -0.39 is 6.61 Å². The lowest BCUT2D eigenvalue weighted by Gasteiger charge is -2.26. The van der Waals surface area contributed by atoms with Crippen LogP contribution in [0.2, 0.25) is 0 Å². The smallest absolute Gasteiger partial charge is 0.387 e. The minimum atomic E-state index is -2.85. The fourth-order valence-corrected chi connectivity index (χ4v) is 2.10. The molecule has 1 aromatic carbocycles. The topological polar surface area (TPSA) is 41.6 Å². The highest BCUT2D eigenvalue weighted by atomic mass is 19.3. The highest BCUT2D eigenvalue weighted by Gasteiger charge is 2.16. The Morgan fingerprint density at radius 1 is 1.38 bits per heavy atom. The van der Waals surface area contributed by atoms with Gasteiger partial charge in [0, 0.05) is 18.8 Å². The van der Waals surface area contributed by atoms with Gasteiger partial charge in [-0.15, -0.1) is 0 Å². The number of alkyl halides is 2. The van der Waals surface area contributed by atoms with Gasteiger partial charge in [0.15, 0.2) is 0 Å². The van der Waals surface area contributed by atoms with Crippen LogP contribution in [-0.4, -0.2) is 30.6 Å². The Morgan fingerprint density at radius 2 is 2.14 bits per heavy atom. The summed E-state index contributed by atoms with van der Waals surface area (Å²) >= 11 is 0. The number of amides is 2. The van der Waals surface area contributed by atoms with Crippen molar-refractivity contribution in [2.75, 3.05) is 18.4 Å². The minimum absolute atomic E-state index is 0.0806. The molecule has 0 atom stereocenters. The number of urea groups is 1. The normalized spacial score (nSPS) is 14.9. The number of rotatable bonds is 3. The molecule has 0 unspecified atom stereocenters. The maximum Gasteiger partial charge on any atom is 0.387 e. The molecule has 0 aliphatic carbocycles. The summed E-state index contributed by atoms with van der Waals surface area (Å²) in [5.74, 6) is 0.0806. The summed E-state index contributed by atoms with van der Waals surface area (Å²) in [5.41, 5.74) is 2.54. The van der Waals surface area contributed by atoms with E-state index in [2.05, 4.69) is 10.1 Å². The van der Waals surface area contributed by atoms with Crippen molar-refractivity contribution in [3.05, 3.63) is 35.4 Å². The molecule has 1 N–H and O–H groups in total. The molecule has 0 saturated heterocycles. The molecule has 0 aromatic heterocycles. The first-order valence-corrected chi connectivity index (χ1v) is 6.72. The summed E-state index contributed by atoms with van der Waals surface area (Å²) in [6, 6.07) is 4.26. The highest BCUT2D eigenvalue weighted by Crippen LogP contribution is 2.23. The monoisotopic (exact) mass is 296 g/mol. The lowest BCUT2D eigenvalue weighted by molar-refractivity contribution is -0.0498. The second-order valence-corrected chi connectivity index (χ2v) is 5.03. The van der Waals surface area contributed by atoms with Gasteiger partial charge in [-0.2, -0.15) is 8.78 Å². The van der Waals surface area contributed by atoms with Crippen LogP contribution in [0.5, 0.6) is 5.75 Å². The predicted octanol–water partition coefficient (Wildman–Crippen LogP) is 3.78. The van der Waals surface area contributed by atoms with Crippen LogP contribution in [0.4, 0.5) is 19.3 Å². The van der Waals surface area contributed by atoms with Crippen molar-refractivity contribution in [1.29, 1.82) is 0 Å². The summed E-state index contributed by atoms with van der Waals surface area (Å²) < 4.78 is 28.6. The molecule has 2 amide bonds. The molecule has 6 heteroatoms. The zero-order valence-electron chi connectivity index (χ0n) is 12.0. The Balaban J connectivity index is 2.01. The molecule has 1 aliphatic rings. The van der Waals surface area contributed by atoms with E-state index >= 15 is 0 Å². The number of halogens is 2. The van der Waals surface area contributed by atoms with E-state index in [0.717, 1.165) is 6.42 Å². The van der Waals surface area contributed by atoms with Gasteiger partial charge in [-0.3, -0.25) is 0 Å². The summed E-state index contributed by atoms with van der Waals surface area (Å²) in [7, 11) is 0. The molecule has 114 valence electrons. The van der Waals surface area contributed by atoms with E-state index in [1.807, 2.05) is 13.0 Å². The minimum Gasteiger partial charge on any atom is -0.435 e. The third-order valence-electron chi connectivity index (χ3n) is 3.39. The number of hydrogen-bond acceptors (Lipinski definition) is 2. The molecule has 0 saturated carbocycles. The maximum absolute atomic E-state index is 12.1. The first kappa shape index (κ1) is 15.3. The number of hydrogen-bond donors (Lipinski definition) is 1. The number of nitrogens with zero attached hydrogens (tertiary/aromatic N) is 1. The lowest BCUT2D eigenvalue weighted by Crippen LogP contribution is -2.38. The summed E-state index contributed by atoms with van der Waals surface area (Å²) in [5, 5.41) is 2.79. The molecular formula is C15H18F2N2O2. The third kappa shape index (κ3) is 4.18. The number of carbonyl (C=O) groups is 1. The molecule has 1 aromatic rings. The quantitative estimate of drug-likeness (QED) is 0.862. The van der Waals surface area contributed by atoms with Crippen LogP contribution < -0.4 is 10.1 Å². The van der Waals surface area contributed by atoms with Gasteiger partial charge in [-0.05, 0) is 44.0 Å². The second-order valence-electron chi connectivity index (χ2n) is 5.03. The predicted molar refractivity (Wildman–Crippen MR) is 76.8 cm³/mol. The molecule has 1 heterocycles. The second kappa shape index (κ2) is 6.56. The number of aryl methyl sites for hydroxylation is 1. The van der Waals surface area contributed by atoms with E-state index in [0.29, 0.717) is 24.3 Å². The fraction of sp³-hybridized carbons (Fsp3) is 0.400. The van der Waals surface area contributed by atoms with Gasteiger partial charge in [0.05, 0.1) is 0 Å². The van der Waals surface area contributed by atoms with E-state index in [1.165, 1.54) is 17.7 Å². The van der Waals surface area contributed by atoms with Gasteiger partial charge in [0.25, 0.3) is 0 Å². The van der Waals surface area contributed by atoms with Crippen molar-refractivity contribution in [3.63, 3.8) is 0 Å². The summed E-state index contributed by atoms with van der Waals surface area (Å²) in [6.45, 7) is 2.19. The largest absolute Gasteiger partial charge is 0.435 e. The van der Waals surface area contributed by atoms with Crippen LogP contribution in [0.3, 0.4) is 0 Å². The van der Waals surface area contributed by atoms with Crippen LogP contribution >= 0.6 is 0 Å². The molecule has 21 heavy (non-hydrogen) atoms. The van der Waals surface area contributed by atoms with Crippen molar-refractivity contribution in [3.8, 4) is 5.75 Å². The Morgan fingerprint density at radius 3 is 2.71 bits per heavy atom. The Kier molecular flexibility index (Phi) is 4.77. The van der Waals surface area contributed by atoms with Crippen LogP contribution in [-0.2, 0) is 0 Å². The highest BCUT2D eigenvalue weighted by molar-refractivity contribution is 5.90. The van der Waals surface area contributed by atoms with Gasteiger partial charge in [0.2, 0.25) is 0 Å². The van der Waals surface area contributed by atoms with Gasteiger partial charge in [-0.25, -0.2) is 4.79 Å². The standard InChI is InChI=1S/C15H18F2N2O2/c1-10-5-7-19(8-6-10)15(20)18-13-4-3-12(9-11(13)2)21-14(16)17/h3-5,9,14H,6-8H2,1-2H3,(H,18,20). The van der Waals surface area contributed by atoms with Crippen molar-refractivity contribution in [1.82, 2.24) is 4.90 Å². The van der Waals surface area contributed by atoms with Gasteiger partial charge in [-0.1, -0.05) is 11.6 Å². The van der Waals surface area contributed by atoms with Crippen molar-refractivity contribution >= 4 is 11.7 Å². The summed E-state index contributed by atoms with van der Waals surface area (Å²) in [6.07, 6.45) is 2.89. The number of benzene rings is 1. The molecular weight excluding hydrogens is 278 g/mol. The molecule has 4 nitrogen and oxygen atoms in total. The lowest BCUT2D eigenvalue weighted by atomic mass is 10.1. The third-order valence-corrected chi connectivity index (χ3v) is 3.39. The number of anilines is 1. The molecule has 0 spiro atoms. The SMILES string of the molecule is CC1=CCN(C(=O)Nc2ccc(OC(F)F)cc2C)CC1. The Labute approximate surface area is 122 Å². The van der Waals surface area contributed by atoms with Crippen LogP contribution in [0, 0.1) is 6.92 Å². The molecule has 0 radical (unpaired) electrons. The summed E-state index contributed by atoms with van der Waals surface area (Å²) in [4.78, 5) is 13.8. The average molecular weight is 296 g/mol. The van der Waals surface area contributed by atoms with E-state index in [9.17, 15) is 13.6 Å². The van der Waals surface area contributed by atoms with Crippen LogP contribution in [0.15, 0.2) is 29.8 Å². The van der Waals surface area contributed by atoms with Crippen molar-refractivity contribution < 1.29 is 18.3 Å². The Hall–Kier alpha value is -2.11. The number of carbonyl (C=O) groups excluding carboxylic acids is 1. The average Bonchev–Trinajstić information content (AvgIpc) is 2.42. The first-order valence-electron chi connectivity index (χ1n) is 6.72. The van der Waals surface area contributed by atoms with Crippen LogP contribution in [0.1, 0.15) is 18.9 Å². The molecule has 1 aliphatic heterocycles. The van der Waals surface area contributed by atoms with E-state index in [1.54, 1.807) is 17.9 Å². The first-order chi connectivity index (χ1) is 9.95. The zero-order chi connectivity index (χ0) is 15.4. The fourth-order valence-electron chi connectivity index (χ4n) is 2.10. The number of nitrogens with one attached hydrogen (secondary N) is 1. The van der Waals surface area contributed by atoms with E-state index in [4.69, 9.17) is 0 Å². The number of ether oxygens (including phenoxy) is 1. The maximum atomic E-state index is 12.1. The van der Waals surface area contributed by atoms with Crippen molar-refractivity contribution in [2.24, 2.45) is 0 Å². The Bertz CT molecular complexity index is 559. The molecule has 2 rings (SSSR count). The van der Waals surface area contributed by atoms with Gasteiger partial charge >= 0.3 is 12.6 Å². The zero-order valence-corrected chi connectivity index (χ0v) is 12.0.